The highest BCUT2D eigenvalue weighted by Crippen LogP contribution is 2.40. The van der Waals surface area contributed by atoms with Crippen LogP contribution in [-0.2, 0) is 13.1 Å². The van der Waals surface area contributed by atoms with Crippen molar-refractivity contribution in [2.75, 3.05) is 22.2 Å². The maximum atomic E-state index is 13.1. The molecule has 0 aromatic heterocycles. The second-order valence-corrected chi connectivity index (χ2v) is 8.97. The Morgan fingerprint density at radius 1 is 0.824 bits per heavy atom. The Bertz CT molecular complexity index is 1410. The van der Waals surface area contributed by atoms with Gasteiger partial charge in [0.05, 0.1) is 12.2 Å². The number of hydrogen-bond donors (Lipinski definition) is 1. The maximum absolute atomic E-state index is 13.1. The number of rotatable bonds is 3. The lowest BCUT2D eigenvalue weighted by atomic mass is 9.92. The molecule has 0 spiro atoms. The summed E-state index contributed by atoms with van der Waals surface area (Å²) >= 11 is 0. The lowest BCUT2D eigenvalue weighted by molar-refractivity contribution is 0.0735. The van der Waals surface area contributed by atoms with E-state index >= 15 is 0 Å². The van der Waals surface area contributed by atoms with Crippen molar-refractivity contribution in [3.63, 3.8) is 0 Å². The van der Waals surface area contributed by atoms with Crippen LogP contribution < -0.4 is 20.3 Å². The van der Waals surface area contributed by atoms with E-state index < -0.39 is 0 Å². The van der Waals surface area contributed by atoms with E-state index in [0.717, 1.165) is 42.1 Å². The first kappa shape index (κ1) is 20.4. The molecule has 0 fully saturated rings. The summed E-state index contributed by atoms with van der Waals surface area (Å²) in [6.45, 7) is 4.55. The monoisotopic (exact) mass is 447 g/mol. The normalized spacial score (nSPS) is 13.8. The number of aryl methyl sites for hydroxylation is 1. The van der Waals surface area contributed by atoms with E-state index in [9.17, 15) is 4.79 Å². The number of esters is 1. The minimum absolute atomic E-state index is 0.349. The van der Waals surface area contributed by atoms with E-state index in [0.29, 0.717) is 11.3 Å². The number of nitrogens with zero attached hydrogens (tertiary/aromatic N) is 2. The SMILES string of the molecule is Cc1cccc(C(=O)Oc2ccccc2)c1-c1ccc2c(c1)CN1CN2Cc2cc(N)ccc21. The zero-order chi connectivity index (χ0) is 23.2. The van der Waals surface area contributed by atoms with Crippen molar-refractivity contribution in [2.24, 2.45) is 0 Å². The largest absolute Gasteiger partial charge is 0.423 e. The van der Waals surface area contributed by atoms with Gasteiger partial charge in [0.2, 0.25) is 0 Å². The number of nitrogens with two attached hydrogens (primary N) is 1. The molecule has 5 nitrogen and oxygen atoms in total. The smallest absolute Gasteiger partial charge is 0.344 e. The number of ether oxygens (including phenoxy) is 1. The highest BCUT2D eigenvalue weighted by molar-refractivity contribution is 5.99. The van der Waals surface area contributed by atoms with E-state index in [-0.39, 0.29) is 5.97 Å². The van der Waals surface area contributed by atoms with Crippen molar-refractivity contribution < 1.29 is 9.53 Å². The summed E-state index contributed by atoms with van der Waals surface area (Å²) in [6, 6.07) is 27.7. The zero-order valence-corrected chi connectivity index (χ0v) is 19.0. The van der Waals surface area contributed by atoms with Crippen LogP contribution in [0.5, 0.6) is 5.75 Å². The number of para-hydroxylation sites is 1. The number of hydrogen-bond acceptors (Lipinski definition) is 5. The number of fused-ring (bicyclic) bond motifs is 6. The van der Waals surface area contributed by atoms with Gasteiger partial charge in [0.1, 0.15) is 5.75 Å². The van der Waals surface area contributed by atoms with Gasteiger partial charge in [-0.2, -0.15) is 0 Å². The first-order chi connectivity index (χ1) is 16.6. The molecule has 0 aliphatic carbocycles. The summed E-state index contributed by atoms with van der Waals surface area (Å²) in [5.41, 5.74) is 15.4. The van der Waals surface area contributed by atoms with E-state index in [1.54, 1.807) is 12.1 Å². The van der Waals surface area contributed by atoms with E-state index in [1.165, 1.54) is 22.5 Å². The van der Waals surface area contributed by atoms with Gasteiger partial charge < -0.3 is 20.3 Å². The Morgan fingerprint density at radius 2 is 1.53 bits per heavy atom. The summed E-state index contributed by atoms with van der Waals surface area (Å²) in [4.78, 5) is 17.9. The topological polar surface area (TPSA) is 58.8 Å². The zero-order valence-electron chi connectivity index (χ0n) is 19.0. The second kappa shape index (κ2) is 7.96. The van der Waals surface area contributed by atoms with Crippen LogP contribution in [-0.4, -0.2) is 12.6 Å². The van der Waals surface area contributed by atoms with Crippen molar-refractivity contribution >= 4 is 23.0 Å². The first-order valence-electron chi connectivity index (χ1n) is 11.5. The predicted molar refractivity (Wildman–Crippen MR) is 136 cm³/mol. The van der Waals surface area contributed by atoms with Gasteiger partial charge in [-0.05, 0) is 83.3 Å². The molecule has 5 heteroatoms. The molecule has 0 unspecified atom stereocenters. The summed E-state index contributed by atoms with van der Waals surface area (Å²) < 4.78 is 5.67. The van der Waals surface area contributed by atoms with E-state index in [1.807, 2.05) is 49.4 Å². The molecular weight excluding hydrogens is 422 g/mol. The quantitative estimate of drug-likeness (QED) is 0.246. The Morgan fingerprint density at radius 3 is 2.29 bits per heavy atom. The third-order valence-corrected chi connectivity index (χ3v) is 6.66. The summed E-state index contributed by atoms with van der Waals surface area (Å²) in [5, 5.41) is 0. The minimum Gasteiger partial charge on any atom is -0.423 e. The van der Waals surface area contributed by atoms with Gasteiger partial charge >= 0.3 is 5.97 Å². The molecule has 34 heavy (non-hydrogen) atoms. The second-order valence-electron chi connectivity index (χ2n) is 8.97. The Labute approximate surface area is 199 Å². The molecule has 0 saturated heterocycles. The molecule has 2 heterocycles. The fourth-order valence-corrected chi connectivity index (χ4v) is 5.13. The third kappa shape index (κ3) is 3.46. The van der Waals surface area contributed by atoms with Crippen molar-refractivity contribution in [3.8, 4) is 16.9 Å². The van der Waals surface area contributed by atoms with Gasteiger partial charge in [-0.25, -0.2) is 4.79 Å². The average Bonchev–Trinajstić information content (AvgIpc) is 2.84. The van der Waals surface area contributed by atoms with Crippen molar-refractivity contribution in [1.82, 2.24) is 0 Å². The Hall–Kier alpha value is -4.25. The van der Waals surface area contributed by atoms with Crippen LogP contribution in [0, 0.1) is 6.92 Å². The summed E-state index contributed by atoms with van der Waals surface area (Å²) in [6.07, 6.45) is 0. The molecule has 0 saturated carbocycles. The fourth-order valence-electron chi connectivity index (χ4n) is 5.13. The predicted octanol–water partition coefficient (Wildman–Crippen LogP) is 5.76. The number of nitrogen functional groups attached to an aromatic ring is 1. The van der Waals surface area contributed by atoms with Gasteiger partial charge in [-0.3, -0.25) is 0 Å². The number of carbonyl (C=O) groups excluding carboxylic acids is 1. The van der Waals surface area contributed by atoms with Crippen LogP contribution >= 0.6 is 0 Å². The molecule has 2 bridgehead atoms. The molecule has 0 radical (unpaired) electrons. The molecule has 6 rings (SSSR count). The molecule has 0 amide bonds. The molecule has 2 aliphatic rings. The Balaban J connectivity index is 1.37. The average molecular weight is 448 g/mol. The molecule has 2 aliphatic heterocycles. The Kier molecular flexibility index (Phi) is 4.77. The third-order valence-electron chi connectivity index (χ3n) is 6.66. The molecule has 4 aromatic rings. The maximum Gasteiger partial charge on any atom is 0.344 e. The highest BCUT2D eigenvalue weighted by Gasteiger charge is 2.30. The van der Waals surface area contributed by atoms with Crippen LogP contribution in [0.4, 0.5) is 17.1 Å². The molecule has 2 N–H and O–H groups in total. The van der Waals surface area contributed by atoms with Gasteiger partial charge in [0.25, 0.3) is 0 Å². The standard InChI is InChI=1S/C29H25N3O2/c1-19-6-5-9-25(29(33)34-24-7-3-2-4-8-24)28(19)20-10-12-26-21(14-20)16-31-18-32(26)17-22-15-23(30)11-13-27(22)31/h2-15H,16-18,30H2,1H3. The van der Waals surface area contributed by atoms with Gasteiger partial charge in [0.15, 0.2) is 0 Å². The van der Waals surface area contributed by atoms with Crippen molar-refractivity contribution in [3.05, 3.63) is 107 Å². The lowest BCUT2D eigenvalue weighted by Gasteiger charge is -2.45. The van der Waals surface area contributed by atoms with Gasteiger partial charge in [-0.15, -0.1) is 0 Å². The molecule has 4 aromatic carbocycles. The van der Waals surface area contributed by atoms with Gasteiger partial charge in [-0.1, -0.05) is 36.4 Å². The van der Waals surface area contributed by atoms with Crippen LogP contribution in [0.1, 0.15) is 27.0 Å². The van der Waals surface area contributed by atoms with Crippen molar-refractivity contribution in [2.45, 2.75) is 20.0 Å². The van der Waals surface area contributed by atoms with E-state index in [2.05, 4.69) is 40.1 Å². The highest BCUT2D eigenvalue weighted by atomic mass is 16.5. The minimum atomic E-state index is -0.349. The van der Waals surface area contributed by atoms with Crippen LogP contribution in [0.2, 0.25) is 0 Å². The van der Waals surface area contributed by atoms with Crippen LogP contribution in [0.25, 0.3) is 11.1 Å². The van der Waals surface area contributed by atoms with Crippen LogP contribution in [0.3, 0.4) is 0 Å². The first-order valence-corrected chi connectivity index (χ1v) is 11.5. The number of benzene rings is 4. The lowest BCUT2D eigenvalue weighted by Crippen LogP contribution is -2.46. The molecule has 0 atom stereocenters. The van der Waals surface area contributed by atoms with Crippen molar-refractivity contribution in [1.29, 1.82) is 0 Å². The molecular formula is C29H25N3O2. The summed E-state index contributed by atoms with van der Waals surface area (Å²) in [5.74, 6) is 0.191. The van der Waals surface area contributed by atoms with Crippen LogP contribution in [0.15, 0.2) is 84.9 Å². The van der Waals surface area contributed by atoms with E-state index in [4.69, 9.17) is 10.5 Å². The fraction of sp³-hybridized carbons (Fsp3) is 0.138. The number of carbonyl (C=O) groups is 1. The summed E-state index contributed by atoms with van der Waals surface area (Å²) in [7, 11) is 0. The molecule has 168 valence electrons. The van der Waals surface area contributed by atoms with Gasteiger partial charge in [0, 0.05) is 30.2 Å². The number of anilines is 3.